The highest BCUT2D eigenvalue weighted by atomic mass is 35.5. The summed E-state index contributed by atoms with van der Waals surface area (Å²) >= 11 is 11.8. The summed E-state index contributed by atoms with van der Waals surface area (Å²) in [7, 11) is -3.67. The van der Waals surface area contributed by atoms with Crippen LogP contribution in [-0.4, -0.2) is 25.6 Å². The Bertz CT molecular complexity index is 825. The minimum Gasteiger partial charge on any atom is -0.340 e. The maximum atomic E-state index is 12.0. The molecule has 2 N–H and O–H groups in total. The molecule has 0 saturated carbocycles. The number of pyridine rings is 1. The summed E-state index contributed by atoms with van der Waals surface area (Å²) < 4.78 is 24.2. The third-order valence-corrected chi connectivity index (χ3v) is 3.81. The highest BCUT2D eigenvalue weighted by molar-refractivity contribution is 7.89. The zero-order valence-electron chi connectivity index (χ0n) is 11.3. The summed E-state index contributed by atoms with van der Waals surface area (Å²) in [6.45, 7) is 0. The fourth-order valence-corrected chi connectivity index (χ4v) is 2.37. The molecule has 0 radical (unpaired) electrons. The van der Waals surface area contributed by atoms with E-state index in [1.165, 1.54) is 18.3 Å². The molecule has 1 heterocycles. The molecule has 1 amide bonds. The Hall–Kier alpha value is -1.83. The van der Waals surface area contributed by atoms with Crippen LogP contribution >= 0.6 is 23.2 Å². The van der Waals surface area contributed by atoms with Crippen molar-refractivity contribution in [3.63, 3.8) is 0 Å². The van der Waals surface area contributed by atoms with Gasteiger partial charge < -0.3 is 5.32 Å². The second-order valence-electron chi connectivity index (χ2n) is 4.36. The molecule has 1 aromatic carbocycles. The third-order valence-electron chi connectivity index (χ3n) is 2.51. The van der Waals surface area contributed by atoms with Gasteiger partial charge in [0.15, 0.2) is 0 Å². The number of benzene rings is 1. The maximum absolute atomic E-state index is 12.0. The molecule has 116 valence electrons. The van der Waals surface area contributed by atoms with Gasteiger partial charge in [0.25, 0.3) is 5.91 Å². The number of nitrogens with one attached hydrogen (secondary N) is 2. The molecular weight excluding hydrogens is 349 g/mol. The van der Waals surface area contributed by atoms with Crippen molar-refractivity contribution in [3.05, 3.63) is 52.1 Å². The molecule has 0 aliphatic rings. The second kappa shape index (κ2) is 6.51. The Balaban J connectivity index is 2.32. The fraction of sp³-hybridized carbons (Fsp3) is 0.0769. The Kier molecular flexibility index (Phi) is 4.90. The van der Waals surface area contributed by atoms with Crippen molar-refractivity contribution in [2.24, 2.45) is 0 Å². The van der Waals surface area contributed by atoms with E-state index in [9.17, 15) is 13.2 Å². The summed E-state index contributed by atoms with van der Waals surface area (Å²) in [5.41, 5.74) is 0.639. The van der Waals surface area contributed by atoms with Crippen molar-refractivity contribution in [1.29, 1.82) is 0 Å². The number of rotatable bonds is 4. The molecule has 1 aromatic heterocycles. The number of carbonyl (C=O) groups is 1. The molecule has 0 atom stereocenters. The molecule has 0 aliphatic carbocycles. The Morgan fingerprint density at radius 2 is 1.91 bits per heavy atom. The van der Waals surface area contributed by atoms with Crippen molar-refractivity contribution < 1.29 is 13.2 Å². The summed E-state index contributed by atoms with van der Waals surface area (Å²) in [6, 6.07) is 7.79. The van der Waals surface area contributed by atoms with Gasteiger partial charge in [-0.1, -0.05) is 23.2 Å². The van der Waals surface area contributed by atoms with Crippen molar-refractivity contribution in [3.8, 4) is 0 Å². The molecule has 0 spiro atoms. The molecule has 2 rings (SSSR count). The summed E-state index contributed by atoms with van der Waals surface area (Å²) in [5, 5.41) is 3.63. The van der Waals surface area contributed by atoms with Gasteiger partial charge in [0.1, 0.15) is 5.82 Å². The van der Waals surface area contributed by atoms with Crippen molar-refractivity contribution in [2.45, 2.75) is 0 Å². The van der Waals surface area contributed by atoms with Crippen LogP contribution in [0.5, 0.6) is 0 Å². The van der Waals surface area contributed by atoms with E-state index in [1.54, 1.807) is 18.2 Å². The molecular formula is C13H11Cl2N3O3S. The monoisotopic (exact) mass is 359 g/mol. The van der Waals surface area contributed by atoms with Gasteiger partial charge in [-0.15, -0.1) is 0 Å². The maximum Gasteiger partial charge on any atom is 0.268 e. The first kappa shape index (κ1) is 16.5. The predicted octanol–water partition coefficient (Wildman–Crippen LogP) is 2.82. The Labute approximate surface area is 137 Å². The average Bonchev–Trinajstić information content (AvgIpc) is 2.41. The lowest BCUT2D eigenvalue weighted by Gasteiger charge is -2.11. The smallest absolute Gasteiger partial charge is 0.268 e. The number of sulfonamides is 1. The van der Waals surface area contributed by atoms with Gasteiger partial charge in [-0.25, -0.2) is 18.1 Å². The number of carbonyl (C=O) groups excluding carboxylic acids is 1. The van der Waals surface area contributed by atoms with Crippen LogP contribution in [0.4, 0.5) is 11.5 Å². The van der Waals surface area contributed by atoms with Gasteiger partial charge in [0.05, 0.1) is 21.9 Å². The molecule has 0 saturated heterocycles. The number of nitrogens with zero attached hydrogens (tertiary/aromatic N) is 1. The Morgan fingerprint density at radius 3 is 2.55 bits per heavy atom. The van der Waals surface area contributed by atoms with E-state index in [-0.39, 0.29) is 11.4 Å². The lowest BCUT2D eigenvalue weighted by atomic mass is 10.2. The first-order chi connectivity index (χ1) is 10.3. The van der Waals surface area contributed by atoms with E-state index in [4.69, 9.17) is 23.2 Å². The van der Waals surface area contributed by atoms with E-state index >= 15 is 0 Å². The predicted molar refractivity (Wildman–Crippen MR) is 86.3 cm³/mol. The van der Waals surface area contributed by atoms with Crippen molar-refractivity contribution in [2.75, 3.05) is 11.6 Å². The average molecular weight is 360 g/mol. The highest BCUT2D eigenvalue weighted by Gasteiger charge is 2.16. The third kappa shape index (κ3) is 4.33. The van der Waals surface area contributed by atoms with Gasteiger partial charge in [-0.2, -0.15) is 0 Å². The number of hydrogen-bond donors (Lipinski definition) is 2. The van der Waals surface area contributed by atoms with Crippen molar-refractivity contribution in [1.82, 2.24) is 9.71 Å². The molecule has 2 aromatic rings. The molecule has 22 heavy (non-hydrogen) atoms. The van der Waals surface area contributed by atoms with E-state index in [2.05, 4.69) is 10.3 Å². The number of hydrogen-bond acceptors (Lipinski definition) is 5. The standard InChI is InChI=1S/C13H11Cl2N3O3S/c1-22(20,21)18-13(19)9-3-2-6-16-12(9)17-8-4-5-10(14)11(15)7-8/h2-7H,1H3,(H,16,17)(H,18,19). The van der Waals surface area contributed by atoms with Crippen LogP contribution in [0.1, 0.15) is 10.4 Å². The van der Waals surface area contributed by atoms with Crippen LogP contribution in [0.3, 0.4) is 0 Å². The number of halogens is 2. The van der Waals surface area contributed by atoms with Gasteiger partial charge in [-0.05, 0) is 30.3 Å². The van der Waals surface area contributed by atoms with Gasteiger partial charge >= 0.3 is 0 Å². The largest absolute Gasteiger partial charge is 0.340 e. The van der Waals surface area contributed by atoms with Crippen LogP contribution < -0.4 is 10.0 Å². The van der Waals surface area contributed by atoms with Gasteiger partial charge in [-0.3, -0.25) is 4.79 Å². The van der Waals surface area contributed by atoms with Gasteiger partial charge in [0, 0.05) is 11.9 Å². The van der Waals surface area contributed by atoms with Gasteiger partial charge in [0.2, 0.25) is 10.0 Å². The summed E-state index contributed by atoms with van der Waals surface area (Å²) in [6.07, 6.45) is 2.37. The number of amides is 1. The first-order valence-electron chi connectivity index (χ1n) is 5.95. The zero-order valence-corrected chi connectivity index (χ0v) is 13.6. The van der Waals surface area contributed by atoms with Crippen LogP contribution in [0.15, 0.2) is 36.5 Å². The molecule has 0 fully saturated rings. The summed E-state index contributed by atoms with van der Waals surface area (Å²) in [5.74, 6) is -0.583. The lowest BCUT2D eigenvalue weighted by molar-refractivity contribution is 0.0982. The first-order valence-corrected chi connectivity index (χ1v) is 8.60. The van der Waals surface area contributed by atoms with Crippen LogP contribution in [-0.2, 0) is 10.0 Å². The molecule has 0 unspecified atom stereocenters. The van der Waals surface area contributed by atoms with Crippen LogP contribution in [0.25, 0.3) is 0 Å². The summed E-state index contributed by atoms with van der Waals surface area (Å²) in [4.78, 5) is 16.0. The molecule has 0 bridgehead atoms. The molecule has 9 heteroatoms. The molecule has 6 nitrogen and oxygen atoms in total. The normalized spacial score (nSPS) is 11.0. The van der Waals surface area contributed by atoms with E-state index in [1.807, 2.05) is 4.72 Å². The Morgan fingerprint density at radius 1 is 1.18 bits per heavy atom. The quantitative estimate of drug-likeness (QED) is 0.875. The highest BCUT2D eigenvalue weighted by Crippen LogP contribution is 2.27. The topological polar surface area (TPSA) is 88.2 Å². The SMILES string of the molecule is CS(=O)(=O)NC(=O)c1cccnc1Nc1ccc(Cl)c(Cl)c1. The van der Waals surface area contributed by atoms with E-state index in [0.717, 1.165) is 6.26 Å². The fourth-order valence-electron chi connectivity index (χ4n) is 1.62. The van der Waals surface area contributed by atoms with E-state index < -0.39 is 15.9 Å². The van der Waals surface area contributed by atoms with Crippen LogP contribution in [0, 0.1) is 0 Å². The van der Waals surface area contributed by atoms with E-state index in [0.29, 0.717) is 15.7 Å². The minimum absolute atomic E-state index is 0.0824. The zero-order chi connectivity index (χ0) is 16.3. The van der Waals surface area contributed by atoms with Crippen LogP contribution in [0.2, 0.25) is 10.0 Å². The second-order valence-corrected chi connectivity index (χ2v) is 6.92. The number of aromatic nitrogens is 1. The molecule has 0 aliphatic heterocycles. The lowest BCUT2D eigenvalue weighted by Crippen LogP contribution is -2.30. The number of anilines is 2. The minimum atomic E-state index is -3.67. The van der Waals surface area contributed by atoms with Crippen molar-refractivity contribution >= 4 is 50.6 Å².